The molecule has 0 saturated carbocycles. The predicted molar refractivity (Wildman–Crippen MR) is 57.9 cm³/mol. The molecule has 1 rings (SSSR count). The highest BCUT2D eigenvalue weighted by atomic mass is 32.2. The number of halogens is 1. The van der Waals surface area contributed by atoms with Gasteiger partial charge in [0.1, 0.15) is 5.82 Å². The van der Waals surface area contributed by atoms with E-state index in [9.17, 15) is 12.8 Å². The van der Waals surface area contributed by atoms with E-state index in [-0.39, 0.29) is 11.4 Å². The molecule has 4 nitrogen and oxygen atoms in total. The molecule has 1 atom stereocenters. The van der Waals surface area contributed by atoms with E-state index in [4.69, 9.17) is 5.11 Å². The van der Waals surface area contributed by atoms with Crippen LogP contribution in [0.5, 0.6) is 0 Å². The topological polar surface area (TPSA) is 57.6 Å². The molecule has 0 aliphatic rings. The van der Waals surface area contributed by atoms with Crippen LogP contribution in [-0.2, 0) is 10.0 Å². The lowest BCUT2D eigenvalue weighted by molar-refractivity contribution is 0.171. The maximum Gasteiger partial charge on any atom is 0.243 e. The molecule has 0 saturated heterocycles. The number of aliphatic hydroxyl groups excluding tert-OH is 1. The Morgan fingerprint density at radius 2 is 2.12 bits per heavy atom. The van der Waals surface area contributed by atoms with Gasteiger partial charge in [0, 0.05) is 13.6 Å². The summed E-state index contributed by atoms with van der Waals surface area (Å²) < 4.78 is 37.6. The Hall–Kier alpha value is -0.980. The first-order valence-electron chi connectivity index (χ1n) is 4.74. The standard InChI is InChI=1S/C10H14FNO3S/c1-8(13)7-12(2)16(14,15)10-5-3-4-9(11)6-10/h3-6,8,13H,7H2,1-2H3. The molecule has 0 amide bonds. The number of hydrogen-bond donors (Lipinski definition) is 1. The number of likely N-dealkylation sites (N-methyl/N-ethyl adjacent to an activating group) is 1. The molecular formula is C10H14FNO3S. The van der Waals surface area contributed by atoms with Crippen LogP contribution >= 0.6 is 0 Å². The van der Waals surface area contributed by atoms with E-state index in [0.717, 1.165) is 10.4 Å². The van der Waals surface area contributed by atoms with Gasteiger partial charge in [-0.25, -0.2) is 12.8 Å². The molecule has 6 heteroatoms. The SMILES string of the molecule is CC(O)CN(C)S(=O)(=O)c1cccc(F)c1. The number of hydrogen-bond acceptors (Lipinski definition) is 3. The van der Waals surface area contributed by atoms with Gasteiger partial charge in [-0.05, 0) is 25.1 Å². The predicted octanol–water partition coefficient (Wildman–Crippen LogP) is 0.827. The van der Waals surface area contributed by atoms with Gasteiger partial charge < -0.3 is 5.11 Å². The number of aliphatic hydroxyl groups is 1. The fraction of sp³-hybridized carbons (Fsp3) is 0.400. The second kappa shape index (κ2) is 4.90. The number of rotatable bonds is 4. The van der Waals surface area contributed by atoms with Crippen LogP contribution in [0.1, 0.15) is 6.92 Å². The largest absolute Gasteiger partial charge is 0.392 e. The summed E-state index contributed by atoms with van der Waals surface area (Å²) in [6.45, 7) is 1.45. The van der Waals surface area contributed by atoms with Crippen LogP contribution in [-0.4, -0.2) is 37.5 Å². The van der Waals surface area contributed by atoms with Crippen molar-refractivity contribution in [2.24, 2.45) is 0 Å². The first-order valence-corrected chi connectivity index (χ1v) is 6.18. The van der Waals surface area contributed by atoms with Gasteiger partial charge in [-0.1, -0.05) is 6.07 Å². The van der Waals surface area contributed by atoms with Crippen molar-refractivity contribution < 1.29 is 17.9 Å². The van der Waals surface area contributed by atoms with Crippen LogP contribution in [0.25, 0.3) is 0 Å². The quantitative estimate of drug-likeness (QED) is 0.857. The van der Waals surface area contributed by atoms with E-state index in [2.05, 4.69) is 0 Å². The smallest absolute Gasteiger partial charge is 0.243 e. The summed E-state index contributed by atoms with van der Waals surface area (Å²) in [5.74, 6) is -0.605. The Morgan fingerprint density at radius 3 is 2.62 bits per heavy atom. The second-order valence-electron chi connectivity index (χ2n) is 3.59. The van der Waals surface area contributed by atoms with Crippen molar-refractivity contribution in [2.45, 2.75) is 17.9 Å². The Bertz CT molecular complexity index is 459. The van der Waals surface area contributed by atoms with Crippen molar-refractivity contribution in [3.8, 4) is 0 Å². The van der Waals surface area contributed by atoms with Crippen LogP contribution in [0.3, 0.4) is 0 Å². The normalized spacial score (nSPS) is 14.1. The van der Waals surface area contributed by atoms with Gasteiger partial charge in [0.05, 0.1) is 11.0 Å². The summed E-state index contributed by atoms with van der Waals surface area (Å²) in [6.07, 6.45) is -0.770. The van der Waals surface area contributed by atoms with E-state index in [0.29, 0.717) is 0 Å². The monoisotopic (exact) mass is 247 g/mol. The summed E-state index contributed by atoms with van der Waals surface area (Å²) in [4.78, 5) is -0.115. The summed E-state index contributed by atoms with van der Waals surface area (Å²) in [6, 6.07) is 4.77. The minimum Gasteiger partial charge on any atom is -0.392 e. The maximum atomic E-state index is 12.9. The maximum absolute atomic E-state index is 12.9. The molecule has 16 heavy (non-hydrogen) atoms. The molecule has 0 aliphatic heterocycles. The van der Waals surface area contributed by atoms with Gasteiger partial charge >= 0.3 is 0 Å². The molecule has 1 N–H and O–H groups in total. The Kier molecular flexibility index (Phi) is 4.01. The number of nitrogens with zero attached hydrogens (tertiary/aromatic N) is 1. The van der Waals surface area contributed by atoms with Crippen molar-refractivity contribution >= 4 is 10.0 Å². The third-order valence-corrected chi connectivity index (χ3v) is 3.84. The van der Waals surface area contributed by atoms with Crippen molar-refractivity contribution in [1.29, 1.82) is 0 Å². The van der Waals surface area contributed by atoms with Crippen LogP contribution in [0.2, 0.25) is 0 Å². The van der Waals surface area contributed by atoms with Crippen LogP contribution in [0.15, 0.2) is 29.2 Å². The molecule has 0 heterocycles. The molecule has 0 aliphatic carbocycles. The molecule has 1 unspecified atom stereocenters. The molecule has 0 fully saturated rings. The average Bonchev–Trinajstić information content (AvgIpc) is 2.16. The molecule has 0 bridgehead atoms. The molecular weight excluding hydrogens is 233 g/mol. The van der Waals surface area contributed by atoms with Gasteiger partial charge in [0.15, 0.2) is 0 Å². The van der Waals surface area contributed by atoms with Crippen molar-refractivity contribution in [3.05, 3.63) is 30.1 Å². The third kappa shape index (κ3) is 3.01. The summed E-state index contributed by atoms with van der Waals surface area (Å²) in [5.41, 5.74) is 0. The summed E-state index contributed by atoms with van der Waals surface area (Å²) in [5, 5.41) is 9.11. The highest BCUT2D eigenvalue weighted by molar-refractivity contribution is 7.89. The Morgan fingerprint density at radius 1 is 1.50 bits per heavy atom. The number of sulfonamides is 1. The van der Waals surface area contributed by atoms with Crippen molar-refractivity contribution in [1.82, 2.24) is 4.31 Å². The molecule has 90 valence electrons. The summed E-state index contributed by atoms with van der Waals surface area (Å²) >= 11 is 0. The lowest BCUT2D eigenvalue weighted by Crippen LogP contribution is -2.33. The zero-order valence-corrected chi connectivity index (χ0v) is 9.91. The van der Waals surface area contributed by atoms with E-state index in [1.807, 2.05) is 0 Å². The second-order valence-corrected chi connectivity index (χ2v) is 5.64. The molecule has 0 spiro atoms. The van der Waals surface area contributed by atoms with E-state index < -0.39 is 21.9 Å². The van der Waals surface area contributed by atoms with E-state index in [1.54, 1.807) is 0 Å². The average molecular weight is 247 g/mol. The zero-order valence-electron chi connectivity index (χ0n) is 9.09. The molecule has 0 radical (unpaired) electrons. The van der Waals surface area contributed by atoms with Gasteiger partial charge in [-0.3, -0.25) is 0 Å². The highest BCUT2D eigenvalue weighted by Gasteiger charge is 2.21. The van der Waals surface area contributed by atoms with Gasteiger partial charge in [0.2, 0.25) is 10.0 Å². The first kappa shape index (κ1) is 13.1. The summed E-state index contributed by atoms with van der Waals surface area (Å²) in [7, 11) is -2.38. The van der Waals surface area contributed by atoms with E-state index >= 15 is 0 Å². The Balaban J connectivity index is 3.02. The lowest BCUT2D eigenvalue weighted by Gasteiger charge is -2.18. The molecule has 1 aromatic carbocycles. The molecule has 0 aromatic heterocycles. The first-order chi connectivity index (χ1) is 7.34. The molecule has 1 aromatic rings. The van der Waals surface area contributed by atoms with Crippen molar-refractivity contribution in [3.63, 3.8) is 0 Å². The van der Waals surface area contributed by atoms with Gasteiger partial charge in [-0.15, -0.1) is 0 Å². The Labute approximate surface area is 94.4 Å². The van der Waals surface area contributed by atoms with Crippen LogP contribution in [0.4, 0.5) is 4.39 Å². The minimum atomic E-state index is -3.72. The van der Waals surface area contributed by atoms with E-state index in [1.165, 1.54) is 32.2 Å². The fourth-order valence-corrected chi connectivity index (χ4v) is 2.56. The van der Waals surface area contributed by atoms with Crippen LogP contribution in [0, 0.1) is 5.82 Å². The van der Waals surface area contributed by atoms with Gasteiger partial charge in [-0.2, -0.15) is 4.31 Å². The third-order valence-electron chi connectivity index (χ3n) is 2.03. The highest BCUT2D eigenvalue weighted by Crippen LogP contribution is 2.15. The minimum absolute atomic E-state index is 0.0289. The van der Waals surface area contributed by atoms with Gasteiger partial charge in [0.25, 0.3) is 0 Å². The lowest BCUT2D eigenvalue weighted by atomic mass is 10.4. The van der Waals surface area contributed by atoms with Crippen molar-refractivity contribution in [2.75, 3.05) is 13.6 Å². The van der Waals surface area contributed by atoms with Crippen LogP contribution < -0.4 is 0 Å². The number of benzene rings is 1. The fourth-order valence-electron chi connectivity index (χ4n) is 1.28. The zero-order chi connectivity index (χ0) is 12.3.